The molecule has 0 atom stereocenters. The van der Waals surface area contributed by atoms with Crippen molar-refractivity contribution in [3.63, 3.8) is 0 Å². The van der Waals surface area contributed by atoms with Crippen LogP contribution in [0.3, 0.4) is 0 Å². The van der Waals surface area contributed by atoms with Gasteiger partial charge in [-0.25, -0.2) is 9.18 Å². The molecule has 21 heavy (non-hydrogen) atoms. The molecule has 0 bridgehead atoms. The second-order valence-corrected chi connectivity index (χ2v) is 5.10. The van der Waals surface area contributed by atoms with Gasteiger partial charge in [0.25, 0.3) is 0 Å². The summed E-state index contributed by atoms with van der Waals surface area (Å²) in [5.41, 5.74) is -0.590. The normalized spacial score (nSPS) is 17.7. The van der Waals surface area contributed by atoms with Gasteiger partial charge in [-0.3, -0.25) is 9.67 Å². The fraction of sp³-hybridized carbons (Fsp3) is 0.357. The lowest BCUT2D eigenvalue weighted by Crippen LogP contribution is -2.51. The van der Waals surface area contributed by atoms with Crippen LogP contribution in [0.2, 0.25) is 0 Å². The number of nitrogens with zero attached hydrogens (tertiary/aromatic N) is 4. The molecule has 1 saturated heterocycles. The van der Waals surface area contributed by atoms with Crippen LogP contribution in [0.4, 0.5) is 10.1 Å². The first kappa shape index (κ1) is 13.5. The van der Waals surface area contributed by atoms with Crippen molar-refractivity contribution in [2.45, 2.75) is 18.4 Å². The Balaban J connectivity index is 1.83. The maximum Gasteiger partial charge on any atom is 0.331 e. The topological polar surface area (TPSA) is 71.2 Å². The van der Waals surface area contributed by atoms with Crippen LogP contribution in [0.25, 0.3) is 0 Å². The summed E-state index contributed by atoms with van der Waals surface area (Å²) in [6.07, 6.45) is 6.67. The van der Waals surface area contributed by atoms with Crippen molar-refractivity contribution in [2.24, 2.45) is 0 Å². The molecule has 0 aromatic carbocycles. The van der Waals surface area contributed by atoms with E-state index < -0.39 is 11.5 Å². The van der Waals surface area contributed by atoms with Crippen LogP contribution in [0.5, 0.6) is 0 Å². The van der Waals surface area contributed by atoms with E-state index in [1.165, 1.54) is 17.1 Å². The van der Waals surface area contributed by atoms with Crippen molar-refractivity contribution in [1.29, 1.82) is 0 Å². The van der Waals surface area contributed by atoms with Gasteiger partial charge in [-0.15, -0.1) is 0 Å². The molecule has 6 nitrogen and oxygen atoms in total. The zero-order valence-electron chi connectivity index (χ0n) is 11.3. The monoisotopic (exact) mass is 290 g/mol. The molecule has 3 heterocycles. The molecule has 0 saturated carbocycles. The third-order valence-corrected chi connectivity index (χ3v) is 4.02. The second-order valence-electron chi connectivity index (χ2n) is 5.10. The first-order valence-electron chi connectivity index (χ1n) is 6.71. The molecule has 0 aliphatic carbocycles. The van der Waals surface area contributed by atoms with E-state index in [0.717, 1.165) is 0 Å². The third-order valence-electron chi connectivity index (χ3n) is 4.02. The molecule has 0 unspecified atom stereocenters. The molecule has 2 aromatic heterocycles. The minimum absolute atomic E-state index is 0.367. The van der Waals surface area contributed by atoms with Gasteiger partial charge in [0.15, 0.2) is 11.4 Å². The zero-order chi connectivity index (χ0) is 14.9. The van der Waals surface area contributed by atoms with Gasteiger partial charge in [0.05, 0.1) is 11.9 Å². The summed E-state index contributed by atoms with van der Waals surface area (Å²) in [6.45, 7) is 0.903. The Kier molecular flexibility index (Phi) is 3.32. The number of carboxylic acids is 1. The number of aromatic nitrogens is 3. The lowest BCUT2D eigenvalue weighted by Gasteiger charge is -2.39. The van der Waals surface area contributed by atoms with E-state index in [9.17, 15) is 14.3 Å². The van der Waals surface area contributed by atoms with Crippen LogP contribution < -0.4 is 4.90 Å². The van der Waals surface area contributed by atoms with Gasteiger partial charge < -0.3 is 10.0 Å². The fourth-order valence-corrected chi connectivity index (χ4v) is 2.80. The Morgan fingerprint density at radius 3 is 2.67 bits per heavy atom. The molecule has 0 spiro atoms. The molecule has 1 aliphatic rings. The maximum absolute atomic E-state index is 13.8. The number of pyridine rings is 1. The Bertz CT molecular complexity index is 636. The van der Waals surface area contributed by atoms with Crippen molar-refractivity contribution in [3.8, 4) is 0 Å². The number of hydrogen-bond donors (Lipinski definition) is 1. The summed E-state index contributed by atoms with van der Waals surface area (Å²) in [4.78, 5) is 17.3. The molecule has 1 aliphatic heterocycles. The molecule has 0 radical (unpaired) electrons. The lowest BCUT2D eigenvalue weighted by molar-refractivity contribution is -0.149. The van der Waals surface area contributed by atoms with Gasteiger partial charge in [-0.1, -0.05) is 0 Å². The summed E-state index contributed by atoms with van der Waals surface area (Å²) in [5.74, 6) is -1.29. The van der Waals surface area contributed by atoms with E-state index in [1.807, 2.05) is 4.90 Å². The van der Waals surface area contributed by atoms with Crippen molar-refractivity contribution in [2.75, 3.05) is 18.0 Å². The molecule has 3 rings (SSSR count). The van der Waals surface area contributed by atoms with Gasteiger partial charge in [-0.05, 0) is 12.1 Å². The predicted molar refractivity (Wildman–Crippen MR) is 73.5 cm³/mol. The highest BCUT2D eigenvalue weighted by atomic mass is 19.1. The summed E-state index contributed by atoms with van der Waals surface area (Å²) in [5, 5.41) is 13.7. The van der Waals surface area contributed by atoms with Crippen molar-refractivity contribution >= 4 is 11.7 Å². The van der Waals surface area contributed by atoms with Gasteiger partial charge in [-0.2, -0.15) is 5.10 Å². The van der Waals surface area contributed by atoms with E-state index in [2.05, 4.69) is 10.1 Å². The number of aliphatic carboxylic acids is 1. The van der Waals surface area contributed by atoms with Gasteiger partial charge in [0.1, 0.15) is 0 Å². The lowest BCUT2D eigenvalue weighted by atomic mass is 9.87. The average molecular weight is 290 g/mol. The molecule has 2 aromatic rings. The summed E-state index contributed by atoms with van der Waals surface area (Å²) in [6, 6.07) is 3.32. The van der Waals surface area contributed by atoms with Crippen LogP contribution in [-0.4, -0.2) is 38.9 Å². The first-order valence-corrected chi connectivity index (χ1v) is 6.71. The standard InChI is InChI=1S/C14H15FN4O2/c15-11-10-16-6-2-12(11)18-8-3-14(4-9-18,13(20)21)19-7-1-5-17-19/h1-2,5-7,10H,3-4,8-9H2,(H,20,21). The number of anilines is 1. The molecule has 0 amide bonds. The number of hydrogen-bond acceptors (Lipinski definition) is 4. The van der Waals surface area contributed by atoms with E-state index in [1.54, 1.807) is 24.5 Å². The molecule has 110 valence electrons. The molecule has 7 heteroatoms. The highest BCUT2D eigenvalue weighted by molar-refractivity contribution is 5.77. The summed E-state index contributed by atoms with van der Waals surface area (Å²) < 4.78 is 15.3. The number of carboxylic acid groups (broad SMARTS) is 1. The van der Waals surface area contributed by atoms with Crippen molar-refractivity contribution < 1.29 is 14.3 Å². The summed E-state index contributed by atoms with van der Waals surface area (Å²) in [7, 11) is 0. The first-order chi connectivity index (χ1) is 10.1. The smallest absolute Gasteiger partial charge is 0.331 e. The van der Waals surface area contributed by atoms with Crippen LogP contribution in [-0.2, 0) is 10.3 Å². The van der Waals surface area contributed by atoms with Gasteiger partial charge >= 0.3 is 5.97 Å². The Hall–Kier alpha value is -2.44. The molecule has 1 fully saturated rings. The van der Waals surface area contributed by atoms with Crippen LogP contribution >= 0.6 is 0 Å². The maximum atomic E-state index is 13.8. The highest BCUT2D eigenvalue weighted by Gasteiger charge is 2.44. The van der Waals surface area contributed by atoms with E-state index >= 15 is 0 Å². The Labute approximate surface area is 120 Å². The second kappa shape index (κ2) is 5.16. The van der Waals surface area contributed by atoms with Crippen LogP contribution in [0, 0.1) is 5.82 Å². The van der Waals surface area contributed by atoms with Gasteiger partial charge in [0.2, 0.25) is 0 Å². The number of carbonyl (C=O) groups is 1. The minimum Gasteiger partial charge on any atom is -0.479 e. The quantitative estimate of drug-likeness (QED) is 0.927. The largest absolute Gasteiger partial charge is 0.479 e. The van der Waals surface area contributed by atoms with E-state index in [0.29, 0.717) is 31.6 Å². The molecular weight excluding hydrogens is 275 g/mol. The number of halogens is 1. The third kappa shape index (κ3) is 2.24. The SMILES string of the molecule is O=C(O)C1(n2cccn2)CCN(c2ccncc2F)CC1. The molecular formula is C14H15FN4O2. The number of piperidine rings is 1. The van der Waals surface area contributed by atoms with E-state index in [-0.39, 0.29) is 5.82 Å². The number of rotatable bonds is 3. The average Bonchev–Trinajstić information content (AvgIpc) is 3.02. The molecule has 1 N–H and O–H groups in total. The van der Waals surface area contributed by atoms with Crippen LogP contribution in [0.1, 0.15) is 12.8 Å². The van der Waals surface area contributed by atoms with E-state index in [4.69, 9.17) is 0 Å². The highest BCUT2D eigenvalue weighted by Crippen LogP contribution is 2.32. The van der Waals surface area contributed by atoms with Crippen molar-refractivity contribution in [3.05, 3.63) is 42.7 Å². The summed E-state index contributed by atoms with van der Waals surface area (Å²) >= 11 is 0. The fourth-order valence-electron chi connectivity index (χ4n) is 2.80. The Morgan fingerprint density at radius 2 is 2.10 bits per heavy atom. The minimum atomic E-state index is -1.05. The van der Waals surface area contributed by atoms with Crippen LogP contribution in [0.15, 0.2) is 36.9 Å². The Morgan fingerprint density at radius 1 is 1.33 bits per heavy atom. The zero-order valence-corrected chi connectivity index (χ0v) is 11.3. The van der Waals surface area contributed by atoms with Crippen molar-refractivity contribution in [1.82, 2.24) is 14.8 Å². The van der Waals surface area contributed by atoms with Gasteiger partial charge in [0, 0.05) is 44.5 Å². The predicted octanol–water partition coefficient (Wildman–Crippen LogP) is 1.50.